The topological polar surface area (TPSA) is 60.7 Å². The Labute approximate surface area is 89.8 Å². The summed E-state index contributed by atoms with van der Waals surface area (Å²) in [6.07, 6.45) is -3.59. The predicted molar refractivity (Wildman–Crippen MR) is 49.0 cm³/mol. The van der Waals surface area contributed by atoms with Gasteiger partial charge in [0, 0.05) is 18.7 Å². The average Bonchev–Trinajstić information content (AvgIpc) is 2.16. The Hall–Kier alpha value is -1.11. The van der Waals surface area contributed by atoms with Crippen molar-refractivity contribution in [1.29, 1.82) is 0 Å². The first-order valence-electron chi connectivity index (χ1n) is 4.58. The molecule has 1 rings (SSSR count). The second-order valence-electron chi connectivity index (χ2n) is 3.31. The number of halogens is 3. The van der Waals surface area contributed by atoms with E-state index in [1.54, 1.807) is 0 Å². The molecule has 0 aliphatic rings. The van der Waals surface area contributed by atoms with E-state index in [0.717, 1.165) is 0 Å². The highest BCUT2D eigenvalue weighted by atomic mass is 19.1. The first-order valence-corrected chi connectivity index (χ1v) is 4.58. The second kappa shape index (κ2) is 5.29. The zero-order valence-electron chi connectivity index (χ0n) is 8.20. The van der Waals surface area contributed by atoms with Gasteiger partial charge in [-0.1, -0.05) is 0 Å². The molecule has 0 aliphatic heterocycles. The van der Waals surface area contributed by atoms with Gasteiger partial charge in [0.15, 0.2) is 0 Å². The van der Waals surface area contributed by atoms with Crippen LogP contribution >= 0.6 is 0 Å². The zero-order chi connectivity index (χ0) is 12.3. The standard InChI is InChI=1S/C10H11F3O3/c11-5-3-6(12)9(7(13)4-5)10(16)8(15)1-2-14/h3-4,8,10,14-16H,1-2H2. The molecule has 2 atom stereocenters. The Kier molecular flexibility index (Phi) is 4.28. The molecule has 1 aromatic rings. The minimum atomic E-state index is -1.84. The van der Waals surface area contributed by atoms with E-state index in [1.807, 2.05) is 0 Å². The summed E-state index contributed by atoms with van der Waals surface area (Å²) in [6.45, 7) is -0.442. The molecule has 0 saturated carbocycles. The van der Waals surface area contributed by atoms with Gasteiger partial charge in [0.05, 0.1) is 11.7 Å². The van der Waals surface area contributed by atoms with Crippen molar-refractivity contribution in [3.05, 3.63) is 35.1 Å². The van der Waals surface area contributed by atoms with Gasteiger partial charge in [-0.15, -0.1) is 0 Å². The Morgan fingerprint density at radius 1 is 1.06 bits per heavy atom. The largest absolute Gasteiger partial charge is 0.396 e. The molecule has 16 heavy (non-hydrogen) atoms. The maximum absolute atomic E-state index is 13.1. The molecule has 0 aliphatic carbocycles. The fourth-order valence-corrected chi connectivity index (χ4v) is 1.32. The number of hydrogen-bond donors (Lipinski definition) is 3. The lowest BCUT2D eigenvalue weighted by Crippen LogP contribution is -2.21. The molecule has 3 N–H and O–H groups in total. The lowest BCUT2D eigenvalue weighted by Gasteiger charge is -2.18. The van der Waals surface area contributed by atoms with Crippen LogP contribution < -0.4 is 0 Å². The summed E-state index contributed by atoms with van der Waals surface area (Å²) in [6, 6.07) is 0.820. The van der Waals surface area contributed by atoms with Crippen molar-refractivity contribution in [3.63, 3.8) is 0 Å². The molecule has 6 heteroatoms. The van der Waals surface area contributed by atoms with Crippen LogP contribution in [0.2, 0.25) is 0 Å². The fraction of sp³-hybridized carbons (Fsp3) is 0.400. The molecular weight excluding hydrogens is 225 g/mol. The van der Waals surface area contributed by atoms with Crippen molar-refractivity contribution in [2.24, 2.45) is 0 Å². The van der Waals surface area contributed by atoms with Crippen LogP contribution in [0.4, 0.5) is 13.2 Å². The third-order valence-corrected chi connectivity index (χ3v) is 2.13. The quantitative estimate of drug-likeness (QED) is 0.727. The third kappa shape index (κ3) is 2.72. The van der Waals surface area contributed by atoms with E-state index < -0.39 is 41.8 Å². The first-order chi connectivity index (χ1) is 7.47. The van der Waals surface area contributed by atoms with Crippen LogP contribution in [0.25, 0.3) is 0 Å². The Bertz CT molecular complexity index is 347. The number of aliphatic hydroxyl groups excluding tert-OH is 3. The van der Waals surface area contributed by atoms with Gasteiger partial charge in [0.2, 0.25) is 0 Å². The van der Waals surface area contributed by atoms with E-state index in [4.69, 9.17) is 5.11 Å². The van der Waals surface area contributed by atoms with E-state index in [1.165, 1.54) is 0 Å². The van der Waals surface area contributed by atoms with Crippen LogP contribution in [0.1, 0.15) is 18.1 Å². The van der Waals surface area contributed by atoms with Crippen LogP contribution in [-0.2, 0) is 0 Å². The van der Waals surface area contributed by atoms with Crippen LogP contribution in [0.3, 0.4) is 0 Å². The summed E-state index contributed by atoms with van der Waals surface area (Å²) in [4.78, 5) is 0. The van der Waals surface area contributed by atoms with Gasteiger partial charge in [-0.25, -0.2) is 13.2 Å². The van der Waals surface area contributed by atoms with E-state index in [9.17, 15) is 23.4 Å². The highest BCUT2D eigenvalue weighted by Crippen LogP contribution is 2.25. The number of benzene rings is 1. The monoisotopic (exact) mass is 236 g/mol. The fourth-order valence-electron chi connectivity index (χ4n) is 1.32. The van der Waals surface area contributed by atoms with E-state index in [2.05, 4.69) is 0 Å². The molecule has 0 radical (unpaired) electrons. The van der Waals surface area contributed by atoms with Crippen molar-refractivity contribution in [3.8, 4) is 0 Å². The molecule has 0 spiro atoms. The molecule has 0 saturated heterocycles. The van der Waals surface area contributed by atoms with Gasteiger partial charge in [0.1, 0.15) is 23.6 Å². The Morgan fingerprint density at radius 3 is 2.00 bits per heavy atom. The Balaban J connectivity index is 3.03. The van der Waals surface area contributed by atoms with Gasteiger partial charge in [0.25, 0.3) is 0 Å². The molecule has 0 aromatic heterocycles. The lowest BCUT2D eigenvalue weighted by molar-refractivity contribution is 0.000295. The summed E-state index contributed by atoms with van der Waals surface area (Å²) in [5, 5.41) is 27.2. The van der Waals surface area contributed by atoms with E-state index in [-0.39, 0.29) is 6.42 Å². The van der Waals surface area contributed by atoms with Gasteiger partial charge in [-0.3, -0.25) is 0 Å². The molecule has 0 heterocycles. The summed E-state index contributed by atoms with van der Waals surface area (Å²) in [7, 11) is 0. The molecular formula is C10H11F3O3. The van der Waals surface area contributed by atoms with E-state index >= 15 is 0 Å². The van der Waals surface area contributed by atoms with Gasteiger partial charge >= 0.3 is 0 Å². The number of rotatable bonds is 4. The first kappa shape index (κ1) is 13.0. The number of hydrogen-bond acceptors (Lipinski definition) is 3. The maximum Gasteiger partial charge on any atom is 0.134 e. The summed E-state index contributed by atoms with van der Waals surface area (Å²) in [5.74, 6) is -3.66. The molecule has 3 nitrogen and oxygen atoms in total. The summed E-state index contributed by atoms with van der Waals surface area (Å²) < 4.78 is 38.9. The van der Waals surface area contributed by atoms with Gasteiger partial charge < -0.3 is 15.3 Å². The molecule has 0 amide bonds. The Morgan fingerprint density at radius 2 is 1.56 bits per heavy atom. The molecule has 0 bridgehead atoms. The SMILES string of the molecule is OCCC(O)C(O)c1c(F)cc(F)cc1F. The molecule has 2 unspecified atom stereocenters. The van der Waals surface area contributed by atoms with E-state index in [0.29, 0.717) is 12.1 Å². The highest BCUT2D eigenvalue weighted by molar-refractivity contribution is 5.23. The van der Waals surface area contributed by atoms with Gasteiger partial charge in [-0.2, -0.15) is 0 Å². The van der Waals surface area contributed by atoms with Crippen molar-refractivity contribution in [2.45, 2.75) is 18.6 Å². The van der Waals surface area contributed by atoms with Crippen LogP contribution in [0.5, 0.6) is 0 Å². The van der Waals surface area contributed by atoms with Crippen molar-refractivity contribution < 1.29 is 28.5 Å². The predicted octanol–water partition coefficient (Wildman–Crippen LogP) is 0.881. The molecule has 0 fully saturated rings. The van der Waals surface area contributed by atoms with Crippen molar-refractivity contribution >= 4 is 0 Å². The van der Waals surface area contributed by atoms with Crippen molar-refractivity contribution in [1.82, 2.24) is 0 Å². The molecule has 90 valence electrons. The normalized spacial score (nSPS) is 14.9. The minimum absolute atomic E-state index is 0.239. The molecule has 1 aromatic carbocycles. The average molecular weight is 236 g/mol. The van der Waals surface area contributed by atoms with Crippen molar-refractivity contribution in [2.75, 3.05) is 6.61 Å². The number of aliphatic hydroxyl groups is 3. The van der Waals surface area contributed by atoms with Crippen LogP contribution in [0.15, 0.2) is 12.1 Å². The zero-order valence-corrected chi connectivity index (χ0v) is 8.20. The lowest BCUT2D eigenvalue weighted by atomic mass is 10.0. The summed E-state index contributed by atoms with van der Waals surface area (Å²) in [5.41, 5.74) is -0.803. The van der Waals surface area contributed by atoms with Gasteiger partial charge in [-0.05, 0) is 6.42 Å². The van der Waals surface area contributed by atoms with Crippen LogP contribution in [0, 0.1) is 17.5 Å². The highest BCUT2D eigenvalue weighted by Gasteiger charge is 2.25. The minimum Gasteiger partial charge on any atom is -0.396 e. The third-order valence-electron chi connectivity index (χ3n) is 2.13. The van der Waals surface area contributed by atoms with Crippen LogP contribution in [-0.4, -0.2) is 28.0 Å². The summed E-state index contributed by atoms with van der Waals surface area (Å²) >= 11 is 0. The maximum atomic E-state index is 13.1. The smallest absolute Gasteiger partial charge is 0.134 e. The second-order valence-corrected chi connectivity index (χ2v) is 3.31.